The number of carboxylic acid groups (broad SMARTS) is 1. The van der Waals surface area contributed by atoms with Crippen molar-refractivity contribution in [3.05, 3.63) is 12.2 Å². The van der Waals surface area contributed by atoms with Crippen LogP contribution in [0.2, 0.25) is 0 Å². The molecule has 1 N–H and O–H groups in total. The van der Waals surface area contributed by atoms with Gasteiger partial charge in [0.25, 0.3) is 0 Å². The molecule has 0 rings (SSSR count). The molecule has 0 bridgehead atoms. The van der Waals surface area contributed by atoms with Gasteiger partial charge in [-0.05, 0) is 32.1 Å². The molecule has 0 aliphatic heterocycles. The second-order valence-electron chi connectivity index (χ2n) is 6.45. The van der Waals surface area contributed by atoms with Gasteiger partial charge in [0.05, 0.1) is 0 Å². The number of hydrogen-bond acceptors (Lipinski definition) is 1. The van der Waals surface area contributed by atoms with Crippen molar-refractivity contribution >= 4 is 5.97 Å². The minimum absolute atomic E-state index is 0.313. The third kappa shape index (κ3) is 13.4. The Morgan fingerprint density at radius 1 is 0.875 bits per heavy atom. The largest absolute Gasteiger partial charge is 0.481 e. The van der Waals surface area contributed by atoms with Crippen LogP contribution in [0.5, 0.6) is 0 Å². The molecule has 0 spiro atoms. The lowest BCUT2D eigenvalue weighted by molar-refractivity contribution is -0.194. The first-order chi connectivity index (χ1) is 11.4. The van der Waals surface area contributed by atoms with Crippen molar-refractivity contribution in [2.75, 3.05) is 0 Å². The first-order valence-electron chi connectivity index (χ1n) is 9.34. The summed E-state index contributed by atoms with van der Waals surface area (Å²) in [4.78, 5) is 10.6. The summed E-state index contributed by atoms with van der Waals surface area (Å²) in [5, 5.41) is 8.58. The maximum Gasteiger partial charge on any atom is 0.402 e. The van der Waals surface area contributed by atoms with Crippen LogP contribution >= 0.6 is 0 Å². The number of alkyl halides is 3. The summed E-state index contributed by atoms with van der Waals surface area (Å²) in [6, 6.07) is 0. The highest BCUT2D eigenvalue weighted by molar-refractivity contribution is 5.70. The molecular formula is C19H33F3O2. The molecule has 0 aliphatic carbocycles. The number of carbonyl (C=O) groups is 1. The summed E-state index contributed by atoms with van der Waals surface area (Å²) in [5.74, 6) is -3.98. The van der Waals surface area contributed by atoms with E-state index in [1.165, 1.54) is 38.5 Å². The molecule has 0 amide bonds. The van der Waals surface area contributed by atoms with E-state index in [4.69, 9.17) is 5.11 Å². The molecule has 24 heavy (non-hydrogen) atoms. The van der Waals surface area contributed by atoms with Gasteiger partial charge < -0.3 is 5.11 Å². The average molecular weight is 350 g/mol. The van der Waals surface area contributed by atoms with Crippen LogP contribution in [-0.2, 0) is 4.79 Å². The van der Waals surface area contributed by atoms with Crippen LogP contribution in [0.1, 0.15) is 90.4 Å². The maximum atomic E-state index is 12.4. The van der Waals surface area contributed by atoms with E-state index in [2.05, 4.69) is 19.1 Å². The van der Waals surface area contributed by atoms with E-state index in [1.54, 1.807) is 0 Å². The zero-order valence-electron chi connectivity index (χ0n) is 14.9. The first-order valence-corrected chi connectivity index (χ1v) is 9.34. The zero-order chi connectivity index (χ0) is 18.3. The zero-order valence-corrected chi connectivity index (χ0v) is 14.9. The molecule has 1 unspecified atom stereocenters. The lowest BCUT2D eigenvalue weighted by Gasteiger charge is -2.15. The van der Waals surface area contributed by atoms with Gasteiger partial charge in [-0.3, -0.25) is 4.79 Å². The summed E-state index contributed by atoms with van der Waals surface area (Å²) in [6.07, 6.45) is 12.0. The Hall–Kier alpha value is -1.00. The number of allylic oxidation sites excluding steroid dienone is 2. The van der Waals surface area contributed by atoms with E-state index in [-0.39, 0.29) is 6.42 Å². The quantitative estimate of drug-likeness (QED) is 0.258. The molecule has 2 nitrogen and oxygen atoms in total. The second-order valence-corrected chi connectivity index (χ2v) is 6.45. The maximum absolute atomic E-state index is 12.4. The minimum Gasteiger partial charge on any atom is -0.481 e. The molecule has 0 aromatic carbocycles. The summed E-state index contributed by atoms with van der Waals surface area (Å²) in [7, 11) is 0. The molecule has 0 aliphatic rings. The topological polar surface area (TPSA) is 37.3 Å². The fraction of sp³-hybridized carbons (Fsp3) is 0.842. The predicted octanol–water partition coefficient (Wildman–Crippen LogP) is 6.90. The van der Waals surface area contributed by atoms with Crippen LogP contribution in [-0.4, -0.2) is 17.3 Å². The first kappa shape index (κ1) is 23.0. The third-order valence-corrected chi connectivity index (χ3v) is 4.20. The summed E-state index contributed by atoms with van der Waals surface area (Å²) in [6.45, 7) is 2.21. The van der Waals surface area contributed by atoms with Crippen molar-refractivity contribution in [3.63, 3.8) is 0 Å². The van der Waals surface area contributed by atoms with Crippen molar-refractivity contribution < 1.29 is 23.1 Å². The molecule has 5 heteroatoms. The van der Waals surface area contributed by atoms with E-state index in [0.717, 1.165) is 25.7 Å². The highest BCUT2D eigenvalue weighted by atomic mass is 19.4. The molecule has 0 saturated heterocycles. The SMILES string of the molecule is CCCCCCCC/C=C\CCCCCCC(C(=O)O)C(F)(F)F. The van der Waals surface area contributed by atoms with Gasteiger partial charge in [-0.25, -0.2) is 0 Å². The Balaban J connectivity index is 3.47. The van der Waals surface area contributed by atoms with Crippen LogP contribution in [0, 0.1) is 5.92 Å². The van der Waals surface area contributed by atoms with Crippen LogP contribution in [0.3, 0.4) is 0 Å². The normalized spacial score (nSPS) is 13.5. The summed E-state index contributed by atoms with van der Waals surface area (Å²) in [5.41, 5.74) is 0. The van der Waals surface area contributed by atoms with E-state index in [0.29, 0.717) is 12.8 Å². The van der Waals surface area contributed by atoms with E-state index in [1.807, 2.05) is 0 Å². The number of unbranched alkanes of at least 4 members (excludes halogenated alkanes) is 10. The van der Waals surface area contributed by atoms with E-state index >= 15 is 0 Å². The van der Waals surface area contributed by atoms with Gasteiger partial charge >= 0.3 is 12.1 Å². The van der Waals surface area contributed by atoms with Crippen molar-refractivity contribution in [2.24, 2.45) is 5.92 Å². The highest BCUT2D eigenvalue weighted by Crippen LogP contribution is 2.30. The number of rotatable bonds is 15. The minimum atomic E-state index is -4.63. The Labute approximate surface area is 144 Å². The van der Waals surface area contributed by atoms with Gasteiger partial charge in [-0.2, -0.15) is 13.2 Å². The fourth-order valence-electron chi connectivity index (χ4n) is 2.67. The van der Waals surface area contributed by atoms with Crippen LogP contribution in [0.4, 0.5) is 13.2 Å². The van der Waals surface area contributed by atoms with E-state index < -0.39 is 18.1 Å². The molecule has 0 heterocycles. The average Bonchev–Trinajstić information content (AvgIpc) is 2.49. The molecule has 142 valence electrons. The number of carboxylic acids is 1. The monoisotopic (exact) mass is 350 g/mol. The molecule has 0 saturated carbocycles. The number of hydrogen-bond donors (Lipinski definition) is 1. The van der Waals surface area contributed by atoms with Crippen molar-refractivity contribution in [1.82, 2.24) is 0 Å². The van der Waals surface area contributed by atoms with Gasteiger partial charge in [-0.15, -0.1) is 0 Å². The summed E-state index contributed by atoms with van der Waals surface area (Å²) < 4.78 is 37.3. The second kappa shape index (κ2) is 14.4. The standard InChI is InChI=1S/C19H33F3O2/c1-2-3-4-5-6-7-8-9-10-11-12-13-14-15-16-17(18(23)24)19(20,21)22/h9-10,17H,2-8,11-16H2,1H3,(H,23,24)/b10-9-. The molecule has 0 fully saturated rings. The van der Waals surface area contributed by atoms with Crippen molar-refractivity contribution in [1.29, 1.82) is 0 Å². The van der Waals surface area contributed by atoms with Gasteiger partial charge in [0.1, 0.15) is 0 Å². The molecule has 0 aromatic rings. The third-order valence-electron chi connectivity index (χ3n) is 4.20. The van der Waals surface area contributed by atoms with Crippen LogP contribution in [0.25, 0.3) is 0 Å². The number of halogens is 3. The molecule has 0 aromatic heterocycles. The Morgan fingerprint density at radius 3 is 1.79 bits per heavy atom. The summed E-state index contributed by atoms with van der Waals surface area (Å²) >= 11 is 0. The van der Waals surface area contributed by atoms with Gasteiger partial charge in [0, 0.05) is 0 Å². The van der Waals surface area contributed by atoms with Crippen LogP contribution in [0.15, 0.2) is 12.2 Å². The smallest absolute Gasteiger partial charge is 0.402 e. The Bertz CT molecular complexity index is 338. The van der Waals surface area contributed by atoms with Gasteiger partial charge in [-0.1, -0.05) is 70.4 Å². The lowest BCUT2D eigenvalue weighted by Crippen LogP contribution is -2.30. The lowest BCUT2D eigenvalue weighted by atomic mass is 10.00. The predicted molar refractivity (Wildman–Crippen MR) is 92.0 cm³/mol. The van der Waals surface area contributed by atoms with Crippen molar-refractivity contribution in [2.45, 2.75) is 96.6 Å². The van der Waals surface area contributed by atoms with Gasteiger partial charge in [0.2, 0.25) is 0 Å². The van der Waals surface area contributed by atoms with Crippen molar-refractivity contribution in [3.8, 4) is 0 Å². The number of aliphatic carboxylic acids is 1. The fourth-order valence-corrected chi connectivity index (χ4v) is 2.67. The highest BCUT2D eigenvalue weighted by Gasteiger charge is 2.44. The Morgan fingerprint density at radius 2 is 1.33 bits per heavy atom. The molecule has 1 atom stereocenters. The molecule has 0 radical (unpaired) electrons. The van der Waals surface area contributed by atoms with E-state index in [9.17, 15) is 18.0 Å². The van der Waals surface area contributed by atoms with Gasteiger partial charge in [0.15, 0.2) is 5.92 Å². The van der Waals surface area contributed by atoms with Crippen LogP contribution < -0.4 is 0 Å². The Kier molecular flexibility index (Phi) is 13.8. The molecular weight excluding hydrogens is 317 g/mol.